The molecule has 1 aromatic heterocycles. The van der Waals surface area contributed by atoms with E-state index in [1.165, 1.54) is 18.8 Å². The molecule has 0 spiro atoms. The standard InChI is InChI=1S/C15H20N4O2/c20-14(13-10-16-6-7-17-13)18-12-4-8-19(9-5-12)15(21)11-2-1-3-11/h6-7,10-12H,1-5,8-9H2,(H,18,20). The Bertz CT molecular complexity index is 508. The van der Waals surface area contributed by atoms with E-state index >= 15 is 0 Å². The monoisotopic (exact) mass is 288 g/mol. The summed E-state index contributed by atoms with van der Waals surface area (Å²) in [6.07, 6.45) is 9.40. The first-order chi connectivity index (χ1) is 10.2. The van der Waals surface area contributed by atoms with E-state index in [1.807, 2.05) is 4.90 Å². The number of nitrogens with zero attached hydrogens (tertiary/aromatic N) is 3. The Morgan fingerprint density at radius 2 is 1.90 bits per heavy atom. The molecule has 1 aliphatic carbocycles. The van der Waals surface area contributed by atoms with Gasteiger partial charge in [0.2, 0.25) is 5.91 Å². The first kappa shape index (κ1) is 14.0. The largest absolute Gasteiger partial charge is 0.348 e. The van der Waals surface area contributed by atoms with Crippen LogP contribution >= 0.6 is 0 Å². The van der Waals surface area contributed by atoms with Gasteiger partial charge in [-0.3, -0.25) is 14.6 Å². The van der Waals surface area contributed by atoms with Gasteiger partial charge in [-0.05, 0) is 25.7 Å². The highest BCUT2D eigenvalue weighted by atomic mass is 16.2. The Labute approximate surface area is 124 Å². The summed E-state index contributed by atoms with van der Waals surface area (Å²) in [5.41, 5.74) is 0.338. The number of piperidine rings is 1. The lowest BCUT2D eigenvalue weighted by atomic mass is 9.84. The summed E-state index contributed by atoms with van der Waals surface area (Å²) >= 11 is 0. The predicted molar refractivity (Wildman–Crippen MR) is 76.4 cm³/mol. The number of aromatic nitrogens is 2. The minimum Gasteiger partial charge on any atom is -0.348 e. The van der Waals surface area contributed by atoms with Crippen LogP contribution in [0, 0.1) is 5.92 Å². The van der Waals surface area contributed by atoms with Crippen LogP contribution in [0.4, 0.5) is 0 Å². The van der Waals surface area contributed by atoms with Crippen molar-refractivity contribution in [1.82, 2.24) is 20.2 Å². The first-order valence-corrected chi connectivity index (χ1v) is 7.59. The Morgan fingerprint density at radius 3 is 2.48 bits per heavy atom. The molecule has 1 saturated carbocycles. The van der Waals surface area contributed by atoms with E-state index in [0.717, 1.165) is 38.8 Å². The summed E-state index contributed by atoms with van der Waals surface area (Å²) in [6.45, 7) is 1.47. The molecule has 1 aromatic rings. The third-order valence-electron chi connectivity index (χ3n) is 4.39. The van der Waals surface area contributed by atoms with Crippen molar-refractivity contribution >= 4 is 11.8 Å². The molecule has 0 unspecified atom stereocenters. The van der Waals surface area contributed by atoms with E-state index in [9.17, 15) is 9.59 Å². The van der Waals surface area contributed by atoms with Crippen LogP contribution in [0.1, 0.15) is 42.6 Å². The molecule has 6 heteroatoms. The fourth-order valence-corrected chi connectivity index (χ4v) is 2.83. The Balaban J connectivity index is 1.47. The third-order valence-corrected chi connectivity index (χ3v) is 4.39. The summed E-state index contributed by atoms with van der Waals surface area (Å²) in [5, 5.41) is 2.97. The molecule has 112 valence electrons. The number of likely N-dealkylation sites (tertiary alicyclic amines) is 1. The van der Waals surface area contributed by atoms with Crippen molar-refractivity contribution in [2.75, 3.05) is 13.1 Å². The topological polar surface area (TPSA) is 75.2 Å². The molecule has 3 rings (SSSR count). The zero-order valence-electron chi connectivity index (χ0n) is 12.0. The zero-order valence-corrected chi connectivity index (χ0v) is 12.0. The van der Waals surface area contributed by atoms with Gasteiger partial charge in [0, 0.05) is 37.4 Å². The third kappa shape index (κ3) is 3.20. The molecule has 2 aliphatic rings. The van der Waals surface area contributed by atoms with E-state index in [2.05, 4.69) is 15.3 Å². The smallest absolute Gasteiger partial charge is 0.271 e. The second-order valence-corrected chi connectivity index (χ2v) is 5.79. The van der Waals surface area contributed by atoms with Crippen LogP contribution < -0.4 is 5.32 Å². The van der Waals surface area contributed by atoms with Crippen molar-refractivity contribution in [3.63, 3.8) is 0 Å². The molecule has 21 heavy (non-hydrogen) atoms. The quantitative estimate of drug-likeness (QED) is 0.900. The van der Waals surface area contributed by atoms with Crippen molar-refractivity contribution in [2.45, 2.75) is 38.1 Å². The number of carbonyl (C=O) groups is 2. The van der Waals surface area contributed by atoms with Crippen LogP contribution in [0.3, 0.4) is 0 Å². The van der Waals surface area contributed by atoms with Crippen molar-refractivity contribution in [3.05, 3.63) is 24.3 Å². The maximum absolute atomic E-state index is 12.2. The summed E-state index contributed by atoms with van der Waals surface area (Å²) in [7, 11) is 0. The van der Waals surface area contributed by atoms with E-state index in [4.69, 9.17) is 0 Å². The molecular formula is C15H20N4O2. The normalized spacial score (nSPS) is 19.9. The molecule has 0 atom stereocenters. The minimum absolute atomic E-state index is 0.116. The van der Waals surface area contributed by atoms with Gasteiger partial charge in [-0.1, -0.05) is 6.42 Å². The van der Waals surface area contributed by atoms with Crippen LogP contribution in [-0.2, 0) is 4.79 Å². The zero-order chi connectivity index (χ0) is 14.7. The second kappa shape index (κ2) is 6.20. The summed E-state index contributed by atoms with van der Waals surface area (Å²) in [4.78, 5) is 34.0. The van der Waals surface area contributed by atoms with Gasteiger partial charge in [0.25, 0.3) is 5.91 Å². The van der Waals surface area contributed by atoms with Gasteiger partial charge in [0.15, 0.2) is 0 Å². The lowest BCUT2D eigenvalue weighted by molar-refractivity contribution is -0.139. The maximum atomic E-state index is 12.2. The molecule has 1 aliphatic heterocycles. The van der Waals surface area contributed by atoms with Gasteiger partial charge in [-0.2, -0.15) is 0 Å². The molecule has 2 heterocycles. The SMILES string of the molecule is O=C(NC1CCN(C(=O)C2CCC2)CC1)c1cnccn1. The Kier molecular flexibility index (Phi) is 4.13. The summed E-state index contributed by atoms with van der Waals surface area (Å²) in [5.74, 6) is 0.377. The van der Waals surface area contributed by atoms with Crippen LogP contribution in [0.5, 0.6) is 0 Å². The van der Waals surface area contributed by atoms with Gasteiger partial charge in [-0.15, -0.1) is 0 Å². The highest BCUT2D eigenvalue weighted by Crippen LogP contribution is 2.29. The highest BCUT2D eigenvalue weighted by Gasteiger charge is 2.31. The molecule has 0 aromatic carbocycles. The van der Waals surface area contributed by atoms with Gasteiger partial charge in [0.1, 0.15) is 5.69 Å². The molecule has 2 amide bonds. The van der Waals surface area contributed by atoms with Crippen molar-refractivity contribution < 1.29 is 9.59 Å². The highest BCUT2D eigenvalue weighted by molar-refractivity contribution is 5.92. The average molecular weight is 288 g/mol. The van der Waals surface area contributed by atoms with E-state index in [-0.39, 0.29) is 17.9 Å². The van der Waals surface area contributed by atoms with Crippen LogP contribution in [-0.4, -0.2) is 45.8 Å². The van der Waals surface area contributed by atoms with Crippen LogP contribution in [0.15, 0.2) is 18.6 Å². The second-order valence-electron chi connectivity index (χ2n) is 5.79. The number of hydrogen-bond acceptors (Lipinski definition) is 4. The fourth-order valence-electron chi connectivity index (χ4n) is 2.83. The molecule has 2 fully saturated rings. The van der Waals surface area contributed by atoms with Crippen molar-refractivity contribution in [2.24, 2.45) is 5.92 Å². The van der Waals surface area contributed by atoms with E-state index < -0.39 is 0 Å². The van der Waals surface area contributed by atoms with Crippen molar-refractivity contribution in [1.29, 1.82) is 0 Å². The number of nitrogens with one attached hydrogen (secondary N) is 1. The van der Waals surface area contributed by atoms with Gasteiger partial charge in [0.05, 0.1) is 6.20 Å². The van der Waals surface area contributed by atoms with E-state index in [1.54, 1.807) is 6.20 Å². The molecule has 0 radical (unpaired) electrons. The lowest BCUT2D eigenvalue weighted by Crippen LogP contribution is -2.48. The molecular weight excluding hydrogens is 268 g/mol. The van der Waals surface area contributed by atoms with E-state index in [0.29, 0.717) is 11.6 Å². The lowest BCUT2D eigenvalue weighted by Gasteiger charge is -2.36. The van der Waals surface area contributed by atoms with Crippen LogP contribution in [0.2, 0.25) is 0 Å². The van der Waals surface area contributed by atoms with Crippen LogP contribution in [0.25, 0.3) is 0 Å². The minimum atomic E-state index is -0.188. The van der Waals surface area contributed by atoms with Crippen molar-refractivity contribution in [3.8, 4) is 0 Å². The number of amides is 2. The molecule has 1 saturated heterocycles. The Hall–Kier alpha value is -1.98. The summed E-state index contributed by atoms with van der Waals surface area (Å²) < 4.78 is 0. The molecule has 1 N–H and O–H groups in total. The average Bonchev–Trinajstić information content (AvgIpc) is 2.47. The Morgan fingerprint density at radius 1 is 1.14 bits per heavy atom. The van der Waals surface area contributed by atoms with Gasteiger partial charge >= 0.3 is 0 Å². The molecule has 0 bridgehead atoms. The summed E-state index contributed by atoms with van der Waals surface area (Å²) in [6, 6.07) is 0.116. The number of carbonyl (C=O) groups excluding carboxylic acids is 2. The van der Waals surface area contributed by atoms with Gasteiger partial charge < -0.3 is 10.2 Å². The fraction of sp³-hybridized carbons (Fsp3) is 0.600. The maximum Gasteiger partial charge on any atom is 0.271 e. The molecule has 6 nitrogen and oxygen atoms in total. The first-order valence-electron chi connectivity index (χ1n) is 7.59. The predicted octanol–water partition coefficient (Wildman–Crippen LogP) is 0.997. The van der Waals surface area contributed by atoms with Gasteiger partial charge in [-0.25, -0.2) is 4.98 Å². The number of rotatable bonds is 3. The number of hydrogen-bond donors (Lipinski definition) is 1.